The normalized spacial score (nSPS) is 14.6. The number of anilines is 1. The van der Waals surface area contributed by atoms with Gasteiger partial charge in [-0.1, -0.05) is 19.9 Å². The average Bonchev–Trinajstić information content (AvgIpc) is 2.63. The molecule has 1 aliphatic rings. The summed E-state index contributed by atoms with van der Waals surface area (Å²) in [7, 11) is 0. The molecule has 3 heterocycles. The fourth-order valence-corrected chi connectivity index (χ4v) is 2.74. The first-order chi connectivity index (χ1) is 13.0. The molecule has 0 bridgehead atoms. The Labute approximate surface area is 157 Å². The maximum absolute atomic E-state index is 12.1. The molecule has 0 saturated carbocycles. The smallest absolute Gasteiger partial charge is 0.271 e. The summed E-state index contributed by atoms with van der Waals surface area (Å²) in [4.78, 5) is 36.7. The van der Waals surface area contributed by atoms with Crippen LogP contribution in [0.4, 0.5) is 5.69 Å². The van der Waals surface area contributed by atoms with Crippen molar-refractivity contribution >= 4 is 11.6 Å². The molecule has 3 rings (SSSR count). The van der Waals surface area contributed by atoms with Crippen molar-refractivity contribution in [1.29, 1.82) is 0 Å². The molecule has 2 aromatic rings. The molecule has 1 aliphatic heterocycles. The number of nitrogens with zero attached hydrogens (tertiary/aromatic N) is 3. The second kappa shape index (κ2) is 8.59. The highest BCUT2D eigenvalue weighted by Crippen LogP contribution is 2.19. The van der Waals surface area contributed by atoms with E-state index < -0.39 is 0 Å². The average molecular weight is 368 g/mol. The van der Waals surface area contributed by atoms with Gasteiger partial charge in [0.25, 0.3) is 5.56 Å². The summed E-state index contributed by atoms with van der Waals surface area (Å²) in [6.45, 7) is 5.92. The van der Waals surface area contributed by atoms with Crippen molar-refractivity contribution in [2.45, 2.75) is 25.9 Å². The maximum Gasteiger partial charge on any atom is 0.271 e. The fourth-order valence-electron chi connectivity index (χ4n) is 2.74. The number of likely N-dealkylation sites (tertiary alicyclic amines) is 1. The van der Waals surface area contributed by atoms with Crippen molar-refractivity contribution < 1.29 is 4.79 Å². The van der Waals surface area contributed by atoms with E-state index in [1.807, 2.05) is 6.08 Å². The van der Waals surface area contributed by atoms with E-state index >= 15 is 0 Å². The highest BCUT2D eigenvalue weighted by molar-refractivity contribution is 5.88. The predicted octanol–water partition coefficient (Wildman–Crippen LogP) is 1.01. The molecule has 0 aliphatic carbocycles. The third-order valence-corrected chi connectivity index (χ3v) is 4.24. The standard InChI is InChI=1S/C19H24N6O2/c1-13(2)21-6-3-4-18(26)25-10-15(11-25)24-17-8-14(9-22-19(17)27)16-5-7-20-12-23-16/h3-5,7-9,12-13,15,21,24H,6,10-11H2,1-2H3,(H,22,27). The van der Waals surface area contributed by atoms with Crippen LogP contribution in [0.5, 0.6) is 0 Å². The summed E-state index contributed by atoms with van der Waals surface area (Å²) in [5.74, 6) is -0.0118. The summed E-state index contributed by atoms with van der Waals surface area (Å²) in [5.41, 5.74) is 1.80. The third kappa shape index (κ3) is 5.01. The summed E-state index contributed by atoms with van der Waals surface area (Å²) in [5, 5.41) is 6.43. The Morgan fingerprint density at radius 1 is 1.44 bits per heavy atom. The Balaban J connectivity index is 1.54. The minimum absolute atomic E-state index is 0.0118. The van der Waals surface area contributed by atoms with Crippen molar-refractivity contribution in [3.05, 3.63) is 53.4 Å². The number of carbonyl (C=O) groups excluding carboxylic acids is 1. The minimum atomic E-state index is -0.197. The van der Waals surface area contributed by atoms with Crippen LogP contribution in [-0.2, 0) is 4.79 Å². The molecule has 1 fully saturated rings. The fraction of sp³-hybridized carbons (Fsp3) is 0.368. The molecule has 0 unspecified atom stereocenters. The Kier molecular flexibility index (Phi) is 5.97. The Morgan fingerprint density at radius 2 is 2.26 bits per heavy atom. The number of rotatable bonds is 7. The second-order valence-corrected chi connectivity index (χ2v) is 6.78. The zero-order chi connectivity index (χ0) is 19.2. The highest BCUT2D eigenvalue weighted by Gasteiger charge is 2.29. The van der Waals surface area contributed by atoms with E-state index in [2.05, 4.69) is 39.4 Å². The van der Waals surface area contributed by atoms with E-state index in [0.717, 1.165) is 11.3 Å². The Morgan fingerprint density at radius 3 is 2.96 bits per heavy atom. The van der Waals surface area contributed by atoms with Crippen LogP contribution in [0.15, 0.2) is 47.8 Å². The highest BCUT2D eigenvalue weighted by atomic mass is 16.2. The van der Waals surface area contributed by atoms with Gasteiger partial charge < -0.3 is 20.5 Å². The first kappa shape index (κ1) is 18.8. The number of H-pyrrole nitrogens is 1. The lowest BCUT2D eigenvalue weighted by Gasteiger charge is -2.39. The van der Waals surface area contributed by atoms with Crippen LogP contribution in [0.1, 0.15) is 13.8 Å². The van der Waals surface area contributed by atoms with Crippen molar-refractivity contribution in [3.63, 3.8) is 0 Å². The van der Waals surface area contributed by atoms with Gasteiger partial charge in [0.1, 0.15) is 12.0 Å². The molecule has 8 heteroatoms. The molecule has 142 valence electrons. The topological polar surface area (TPSA) is 103 Å². The molecule has 0 spiro atoms. The van der Waals surface area contributed by atoms with Gasteiger partial charge in [-0.2, -0.15) is 0 Å². The molecule has 27 heavy (non-hydrogen) atoms. The zero-order valence-electron chi connectivity index (χ0n) is 15.5. The predicted molar refractivity (Wildman–Crippen MR) is 104 cm³/mol. The van der Waals surface area contributed by atoms with Crippen molar-refractivity contribution in [2.24, 2.45) is 0 Å². The van der Waals surface area contributed by atoms with Crippen LogP contribution in [0.3, 0.4) is 0 Å². The van der Waals surface area contributed by atoms with Crippen LogP contribution in [0, 0.1) is 0 Å². The van der Waals surface area contributed by atoms with Crippen LogP contribution < -0.4 is 16.2 Å². The number of nitrogens with one attached hydrogen (secondary N) is 3. The Hall–Kier alpha value is -3.00. The van der Waals surface area contributed by atoms with Crippen LogP contribution >= 0.6 is 0 Å². The molecular formula is C19H24N6O2. The molecule has 0 radical (unpaired) electrons. The molecular weight excluding hydrogens is 344 g/mol. The number of carbonyl (C=O) groups is 1. The quantitative estimate of drug-likeness (QED) is 0.630. The SMILES string of the molecule is CC(C)NCC=CC(=O)N1CC(Nc2cc(-c3ccncn3)c[nH]c2=O)C1. The lowest BCUT2D eigenvalue weighted by molar-refractivity contribution is -0.129. The number of aromatic amines is 1. The third-order valence-electron chi connectivity index (χ3n) is 4.24. The van der Waals surface area contributed by atoms with Gasteiger partial charge in [-0.15, -0.1) is 0 Å². The van der Waals surface area contributed by atoms with E-state index in [-0.39, 0.29) is 17.5 Å². The molecule has 2 aromatic heterocycles. The minimum Gasteiger partial charge on any atom is -0.374 e. The molecule has 8 nitrogen and oxygen atoms in total. The summed E-state index contributed by atoms with van der Waals surface area (Å²) < 4.78 is 0. The lowest BCUT2D eigenvalue weighted by Crippen LogP contribution is -2.57. The van der Waals surface area contributed by atoms with Crippen LogP contribution in [0.2, 0.25) is 0 Å². The van der Waals surface area contributed by atoms with Gasteiger partial charge in [-0.3, -0.25) is 9.59 Å². The molecule has 1 amide bonds. The number of aromatic nitrogens is 3. The van der Waals surface area contributed by atoms with Gasteiger partial charge in [0.15, 0.2) is 0 Å². The molecule has 3 N–H and O–H groups in total. The van der Waals surface area contributed by atoms with Gasteiger partial charge in [0.2, 0.25) is 5.91 Å². The van der Waals surface area contributed by atoms with E-state index in [1.165, 1.54) is 6.33 Å². The first-order valence-electron chi connectivity index (χ1n) is 8.97. The number of hydrogen-bond donors (Lipinski definition) is 3. The molecule has 0 aromatic carbocycles. The second-order valence-electron chi connectivity index (χ2n) is 6.78. The largest absolute Gasteiger partial charge is 0.374 e. The van der Waals surface area contributed by atoms with Gasteiger partial charge >= 0.3 is 0 Å². The summed E-state index contributed by atoms with van der Waals surface area (Å²) >= 11 is 0. The van der Waals surface area contributed by atoms with E-state index in [4.69, 9.17) is 0 Å². The van der Waals surface area contributed by atoms with Crippen LogP contribution in [0.25, 0.3) is 11.3 Å². The van der Waals surface area contributed by atoms with Gasteiger partial charge in [-0.25, -0.2) is 9.97 Å². The molecule has 0 atom stereocenters. The zero-order valence-corrected chi connectivity index (χ0v) is 15.5. The maximum atomic E-state index is 12.1. The Bertz CT molecular complexity index is 856. The van der Waals surface area contributed by atoms with E-state index in [9.17, 15) is 9.59 Å². The summed E-state index contributed by atoms with van der Waals surface area (Å²) in [6.07, 6.45) is 8.17. The van der Waals surface area contributed by atoms with Gasteiger partial charge in [0, 0.05) is 49.7 Å². The van der Waals surface area contributed by atoms with Crippen molar-refractivity contribution in [1.82, 2.24) is 25.2 Å². The number of pyridine rings is 1. The summed E-state index contributed by atoms with van der Waals surface area (Å²) in [6, 6.07) is 3.99. The van der Waals surface area contributed by atoms with Crippen LogP contribution in [-0.4, -0.2) is 57.5 Å². The monoisotopic (exact) mass is 368 g/mol. The van der Waals surface area contributed by atoms with E-state index in [1.54, 1.807) is 35.5 Å². The van der Waals surface area contributed by atoms with Gasteiger partial charge in [-0.05, 0) is 12.1 Å². The molecule has 1 saturated heterocycles. The van der Waals surface area contributed by atoms with E-state index in [0.29, 0.717) is 31.4 Å². The van der Waals surface area contributed by atoms with Crippen molar-refractivity contribution in [3.8, 4) is 11.3 Å². The first-order valence-corrected chi connectivity index (χ1v) is 8.97. The lowest BCUT2D eigenvalue weighted by atomic mass is 10.1. The van der Waals surface area contributed by atoms with Crippen molar-refractivity contribution in [2.75, 3.05) is 25.0 Å². The number of amides is 1. The number of hydrogen-bond acceptors (Lipinski definition) is 6. The van der Waals surface area contributed by atoms with Gasteiger partial charge in [0.05, 0.1) is 11.7 Å².